The number of amides is 2. The highest BCUT2D eigenvalue weighted by molar-refractivity contribution is 5.83. The number of aromatic nitrogens is 1. The Bertz CT molecular complexity index is 516. The maximum atomic E-state index is 11.3. The molecular weight excluding hydrogens is 214 g/mol. The number of rotatable bonds is 3. The van der Waals surface area contributed by atoms with E-state index in [4.69, 9.17) is 0 Å². The molecule has 1 aromatic heterocycles. The highest BCUT2D eigenvalue weighted by Gasteiger charge is 2.04. The van der Waals surface area contributed by atoms with Crippen LogP contribution in [-0.4, -0.2) is 36.6 Å². The number of nitrogens with one attached hydrogen (secondary N) is 2. The van der Waals surface area contributed by atoms with Crippen LogP contribution in [-0.2, 0) is 6.42 Å². The fourth-order valence-electron chi connectivity index (χ4n) is 1.80. The van der Waals surface area contributed by atoms with Crippen molar-refractivity contribution < 1.29 is 4.79 Å². The highest BCUT2D eigenvalue weighted by Crippen LogP contribution is 2.17. The van der Waals surface area contributed by atoms with Crippen molar-refractivity contribution in [2.24, 2.45) is 0 Å². The molecule has 90 valence electrons. The van der Waals surface area contributed by atoms with Gasteiger partial charge in [0.25, 0.3) is 0 Å². The quantitative estimate of drug-likeness (QED) is 0.833. The second-order valence-electron chi connectivity index (χ2n) is 4.24. The number of fused-ring (bicyclic) bond motifs is 1. The van der Waals surface area contributed by atoms with Gasteiger partial charge in [-0.2, -0.15) is 0 Å². The Kier molecular flexibility index (Phi) is 3.32. The normalized spacial score (nSPS) is 10.5. The molecule has 0 saturated heterocycles. The predicted molar refractivity (Wildman–Crippen MR) is 69.1 cm³/mol. The molecule has 1 heterocycles. The summed E-state index contributed by atoms with van der Waals surface area (Å²) in [6.07, 6.45) is 2.84. The van der Waals surface area contributed by atoms with E-state index < -0.39 is 0 Å². The van der Waals surface area contributed by atoms with Gasteiger partial charge in [0.2, 0.25) is 0 Å². The lowest BCUT2D eigenvalue weighted by molar-refractivity contribution is 0.217. The smallest absolute Gasteiger partial charge is 0.316 e. The molecule has 1 aromatic carbocycles. The molecule has 2 rings (SSSR count). The summed E-state index contributed by atoms with van der Waals surface area (Å²) >= 11 is 0. The molecule has 0 aliphatic heterocycles. The van der Waals surface area contributed by atoms with Gasteiger partial charge in [-0.25, -0.2) is 4.79 Å². The van der Waals surface area contributed by atoms with Gasteiger partial charge in [0.1, 0.15) is 0 Å². The molecule has 2 N–H and O–H groups in total. The molecule has 0 radical (unpaired) electrons. The van der Waals surface area contributed by atoms with Crippen molar-refractivity contribution in [3.8, 4) is 0 Å². The Morgan fingerprint density at radius 1 is 1.35 bits per heavy atom. The lowest BCUT2D eigenvalue weighted by Crippen LogP contribution is -2.35. The minimum atomic E-state index is -0.0511. The van der Waals surface area contributed by atoms with Crippen LogP contribution in [0.2, 0.25) is 0 Å². The standard InChI is InChI=1S/C13H17N3O/c1-16(2)13(17)14-8-7-10-9-15-12-6-4-3-5-11(10)12/h3-6,9,15H,7-8H2,1-2H3,(H,14,17). The van der Waals surface area contributed by atoms with Crippen LogP contribution in [0, 0.1) is 0 Å². The van der Waals surface area contributed by atoms with E-state index in [0.29, 0.717) is 6.54 Å². The van der Waals surface area contributed by atoms with Crippen molar-refractivity contribution >= 4 is 16.9 Å². The van der Waals surface area contributed by atoms with Crippen LogP contribution in [0.25, 0.3) is 10.9 Å². The van der Waals surface area contributed by atoms with E-state index in [2.05, 4.69) is 22.4 Å². The van der Waals surface area contributed by atoms with Gasteiger partial charge in [-0.1, -0.05) is 18.2 Å². The monoisotopic (exact) mass is 231 g/mol. The summed E-state index contributed by atoms with van der Waals surface area (Å²) < 4.78 is 0. The van der Waals surface area contributed by atoms with Crippen molar-refractivity contribution in [1.82, 2.24) is 15.2 Å². The zero-order chi connectivity index (χ0) is 12.3. The van der Waals surface area contributed by atoms with E-state index in [1.54, 1.807) is 14.1 Å². The summed E-state index contributed by atoms with van der Waals surface area (Å²) in [6.45, 7) is 0.652. The number of hydrogen-bond acceptors (Lipinski definition) is 1. The second kappa shape index (κ2) is 4.91. The van der Waals surface area contributed by atoms with Crippen molar-refractivity contribution in [2.45, 2.75) is 6.42 Å². The molecule has 0 fully saturated rings. The Morgan fingerprint density at radius 2 is 2.12 bits per heavy atom. The van der Waals surface area contributed by atoms with Crippen molar-refractivity contribution in [2.75, 3.05) is 20.6 Å². The molecule has 2 aromatic rings. The van der Waals surface area contributed by atoms with Crippen LogP contribution in [0.1, 0.15) is 5.56 Å². The van der Waals surface area contributed by atoms with Gasteiger partial charge in [-0.3, -0.25) is 0 Å². The minimum Gasteiger partial charge on any atom is -0.361 e. The van der Waals surface area contributed by atoms with Crippen LogP contribution in [0.5, 0.6) is 0 Å². The lowest BCUT2D eigenvalue weighted by atomic mass is 10.1. The number of hydrogen-bond donors (Lipinski definition) is 2. The van der Waals surface area contributed by atoms with Crippen molar-refractivity contribution in [1.29, 1.82) is 0 Å². The highest BCUT2D eigenvalue weighted by atomic mass is 16.2. The number of urea groups is 1. The Morgan fingerprint density at radius 3 is 2.88 bits per heavy atom. The minimum absolute atomic E-state index is 0.0511. The first-order valence-electron chi connectivity index (χ1n) is 5.68. The van der Waals surface area contributed by atoms with Gasteiger partial charge in [0.05, 0.1) is 0 Å². The molecule has 0 aliphatic rings. The summed E-state index contributed by atoms with van der Waals surface area (Å²) in [5, 5.41) is 4.09. The third-order valence-corrected chi connectivity index (χ3v) is 2.75. The summed E-state index contributed by atoms with van der Waals surface area (Å²) in [7, 11) is 3.47. The van der Waals surface area contributed by atoms with E-state index in [0.717, 1.165) is 11.9 Å². The van der Waals surface area contributed by atoms with Gasteiger partial charge in [0.15, 0.2) is 0 Å². The van der Waals surface area contributed by atoms with Crippen LogP contribution in [0.3, 0.4) is 0 Å². The second-order valence-corrected chi connectivity index (χ2v) is 4.24. The van der Waals surface area contributed by atoms with Gasteiger partial charge < -0.3 is 15.2 Å². The molecule has 17 heavy (non-hydrogen) atoms. The SMILES string of the molecule is CN(C)C(=O)NCCc1c[nH]c2ccccc12. The van der Waals surface area contributed by atoms with E-state index >= 15 is 0 Å². The fraction of sp³-hybridized carbons (Fsp3) is 0.308. The third kappa shape index (κ3) is 2.58. The van der Waals surface area contributed by atoms with Gasteiger partial charge in [0, 0.05) is 37.7 Å². The maximum Gasteiger partial charge on any atom is 0.316 e. The number of carbonyl (C=O) groups is 1. The lowest BCUT2D eigenvalue weighted by Gasteiger charge is -2.11. The number of nitrogens with zero attached hydrogens (tertiary/aromatic N) is 1. The summed E-state index contributed by atoms with van der Waals surface area (Å²) in [4.78, 5) is 16.1. The molecule has 0 bridgehead atoms. The fourth-order valence-corrected chi connectivity index (χ4v) is 1.80. The average Bonchev–Trinajstić information content (AvgIpc) is 2.72. The Hall–Kier alpha value is -1.97. The van der Waals surface area contributed by atoms with Crippen LogP contribution in [0.15, 0.2) is 30.5 Å². The van der Waals surface area contributed by atoms with Gasteiger partial charge >= 0.3 is 6.03 Å². The van der Waals surface area contributed by atoms with Gasteiger partial charge in [-0.05, 0) is 18.1 Å². The molecule has 2 amide bonds. The van der Waals surface area contributed by atoms with E-state index in [1.165, 1.54) is 15.8 Å². The summed E-state index contributed by atoms with van der Waals surface area (Å²) in [5.41, 5.74) is 2.38. The Balaban J connectivity index is 1.98. The molecule has 0 unspecified atom stereocenters. The maximum absolute atomic E-state index is 11.3. The molecule has 4 nitrogen and oxygen atoms in total. The zero-order valence-corrected chi connectivity index (χ0v) is 10.2. The molecule has 0 aliphatic carbocycles. The number of H-pyrrole nitrogens is 1. The van der Waals surface area contributed by atoms with E-state index in [-0.39, 0.29) is 6.03 Å². The van der Waals surface area contributed by atoms with E-state index in [9.17, 15) is 4.79 Å². The first kappa shape index (κ1) is 11.5. The zero-order valence-electron chi connectivity index (χ0n) is 10.2. The Labute approximate surface area is 101 Å². The number of benzene rings is 1. The number of carbonyl (C=O) groups excluding carboxylic acids is 1. The molecule has 0 spiro atoms. The van der Waals surface area contributed by atoms with Crippen molar-refractivity contribution in [3.05, 3.63) is 36.0 Å². The predicted octanol–water partition coefficient (Wildman–Crippen LogP) is 1.98. The third-order valence-electron chi connectivity index (χ3n) is 2.75. The molecule has 0 atom stereocenters. The summed E-state index contributed by atoms with van der Waals surface area (Å²) in [6, 6.07) is 8.13. The topological polar surface area (TPSA) is 48.1 Å². The number of aromatic amines is 1. The van der Waals surface area contributed by atoms with Gasteiger partial charge in [-0.15, -0.1) is 0 Å². The van der Waals surface area contributed by atoms with Crippen LogP contribution >= 0.6 is 0 Å². The van der Waals surface area contributed by atoms with Crippen LogP contribution < -0.4 is 5.32 Å². The average molecular weight is 231 g/mol. The summed E-state index contributed by atoms with van der Waals surface area (Å²) in [5.74, 6) is 0. The number of para-hydroxylation sites is 1. The first-order chi connectivity index (χ1) is 8.18. The van der Waals surface area contributed by atoms with Crippen molar-refractivity contribution in [3.63, 3.8) is 0 Å². The van der Waals surface area contributed by atoms with Crippen LogP contribution in [0.4, 0.5) is 4.79 Å². The molecule has 4 heteroatoms. The molecule has 0 saturated carbocycles. The van der Waals surface area contributed by atoms with E-state index in [1.807, 2.05) is 18.3 Å². The molecular formula is C13H17N3O. The largest absolute Gasteiger partial charge is 0.361 e. The first-order valence-corrected chi connectivity index (χ1v) is 5.68.